The van der Waals surface area contributed by atoms with Gasteiger partial charge in [-0.2, -0.15) is 0 Å². The van der Waals surface area contributed by atoms with Gasteiger partial charge in [-0.05, 0) is 35.4 Å². The molecule has 0 amide bonds. The molecule has 268 valence electrons. The molecule has 0 aromatic heterocycles. The number of rotatable bonds is 6. The van der Waals surface area contributed by atoms with Gasteiger partial charge in [0.1, 0.15) is 39.6 Å². The lowest BCUT2D eigenvalue weighted by Gasteiger charge is -2.16. The van der Waals surface area contributed by atoms with E-state index < -0.39 is 0 Å². The summed E-state index contributed by atoms with van der Waals surface area (Å²) in [5.41, 5.74) is 1.54. The molecule has 0 fully saturated rings. The highest BCUT2D eigenvalue weighted by molar-refractivity contribution is 5.78. The van der Waals surface area contributed by atoms with Gasteiger partial charge in [0, 0.05) is 0 Å². The van der Waals surface area contributed by atoms with Crippen LogP contribution in [0.15, 0.2) is 85.0 Å². The predicted octanol–water partition coefficient (Wildman–Crippen LogP) is 4.55. The zero-order valence-electron chi connectivity index (χ0n) is 28.0. The average Bonchev–Trinajstić information content (AvgIpc) is 3.88. The molecular weight excluding hydrogens is 648 g/mol. The maximum absolute atomic E-state index is 12.3. The predicted molar refractivity (Wildman–Crippen MR) is 181 cm³/mol. The first-order valence-corrected chi connectivity index (χ1v) is 16.8. The zero-order chi connectivity index (χ0) is 34.6. The molecule has 3 aliphatic rings. The zero-order valence-corrected chi connectivity index (χ0v) is 28.0. The van der Waals surface area contributed by atoms with Gasteiger partial charge in [0.15, 0.2) is 23.0 Å². The molecule has 2 aromatic rings. The molecule has 0 atom stereocenters. The molecule has 2 aromatic carbocycles. The molecule has 50 heavy (non-hydrogen) atoms. The number of hydrogen-bond donors (Lipinski definition) is 0. The van der Waals surface area contributed by atoms with Crippen molar-refractivity contribution in [3.8, 4) is 23.0 Å². The second-order valence-electron chi connectivity index (χ2n) is 11.2. The van der Waals surface area contributed by atoms with E-state index in [1.165, 1.54) is 0 Å². The first kappa shape index (κ1) is 36.7. The Bertz CT molecular complexity index is 1360. The summed E-state index contributed by atoms with van der Waals surface area (Å²) >= 11 is 0. The molecule has 0 bridgehead atoms. The van der Waals surface area contributed by atoms with Crippen molar-refractivity contribution in [1.82, 2.24) is 0 Å². The molecule has 0 saturated heterocycles. The van der Waals surface area contributed by atoms with E-state index in [1.54, 1.807) is 48.6 Å². The minimum Gasteiger partial charge on any atom is -0.487 e. The van der Waals surface area contributed by atoms with E-state index in [-0.39, 0.29) is 50.2 Å². The molecule has 2 aliphatic carbocycles. The van der Waals surface area contributed by atoms with Crippen molar-refractivity contribution in [1.29, 1.82) is 0 Å². The van der Waals surface area contributed by atoms with Crippen molar-refractivity contribution in [2.45, 2.75) is 13.2 Å². The third-order valence-corrected chi connectivity index (χ3v) is 7.50. The summed E-state index contributed by atoms with van der Waals surface area (Å²) in [6.45, 7) is 4.21. The van der Waals surface area contributed by atoms with Crippen LogP contribution in [0.3, 0.4) is 0 Å². The van der Waals surface area contributed by atoms with Crippen LogP contribution >= 0.6 is 0 Å². The molecule has 0 unspecified atom stereocenters. The van der Waals surface area contributed by atoms with E-state index >= 15 is 0 Å². The van der Waals surface area contributed by atoms with Crippen LogP contribution in [0.4, 0.5) is 0 Å². The molecule has 0 spiro atoms. The van der Waals surface area contributed by atoms with Crippen LogP contribution in [0.25, 0.3) is 0 Å². The smallest absolute Gasteiger partial charge is 0.317 e. The third kappa shape index (κ3) is 12.4. The summed E-state index contributed by atoms with van der Waals surface area (Å²) in [5, 5.41) is 0. The van der Waals surface area contributed by atoms with Gasteiger partial charge in [0.25, 0.3) is 0 Å². The van der Waals surface area contributed by atoms with E-state index in [0.717, 1.165) is 11.1 Å². The Kier molecular flexibility index (Phi) is 15.2. The van der Waals surface area contributed by atoms with Gasteiger partial charge in [-0.15, -0.1) is 0 Å². The van der Waals surface area contributed by atoms with Crippen LogP contribution < -0.4 is 18.9 Å². The highest BCUT2D eigenvalue weighted by atomic mass is 16.6. The molecule has 0 N–H and O–H groups in total. The number of carbonyl (C=O) groups excluding carboxylic acids is 2. The van der Waals surface area contributed by atoms with Crippen molar-refractivity contribution in [3.05, 3.63) is 96.1 Å². The molecule has 0 saturated carbocycles. The third-order valence-electron chi connectivity index (χ3n) is 7.50. The Morgan fingerprint density at radius 3 is 1.14 bits per heavy atom. The lowest BCUT2D eigenvalue weighted by Crippen LogP contribution is -2.16. The van der Waals surface area contributed by atoms with E-state index in [2.05, 4.69) is 0 Å². The lowest BCUT2D eigenvalue weighted by molar-refractivity contribution is -0.147. The van der Waals surface area contributed by atoms with E-state index in [4.69, 9.17) is 47.4 Å². The molecule has 12 heteroatoms. The number of carbonyl (C=O) groups is 2. The summed E-state index contributed by atoms with van der Waals surface area (Å²) in [5.74, 6) is 0.781. The fraction of sp³-hybridized carbons (Fsp3) is 0.421. The van der Waals surface area contributed by atoms with Crippen LogP contribution in [-0.4, -0.2) is 91.2 Å². The topological polar surface area (TPSA) is 126 Å². The maximum atomic E-state index is 12.3. The minimum absolute atomic E-state index is 0.109. The van der Waals surface area contributed by atoms with Gasteiger partial charge in [-0.3, -0.25) is 9.59 Å². The molecule has 0 radical (unpaired) electrons. The summed E-state index contributed by atoms with van der Waals surface area (Å²) in [7, 11) is 0. The average molecular weight is 693 g/mol. The summed E-state index contributed by atoms with van der Waals surface area (Å²) in [6, 6.07) is 10.8. The molecule has 1 heterocycles. The van der Waals surface area contributed by atoms with Crippen LogP contribution in [0.1, 0.15) is 11.1 Å². The normalized spacial score (nSPS) is 18.4. The largest absolute Gasteiger partial charge is 0.487 e. The highest BCUT2D eigenvalue weighted by Gasteiger charge is 2.18. The van der Waals surface area contributed by atoms with Crippen LogP contribution in [0.2, 0.25) is 0 Å². The fourth-order valence-corrected chi connectivity index (χ4v) is 4.91. The lowest BCUT2D eigenvalue weighted by atomic mass is 10.2. The van der Waals surface area contributed by atoms with Gasteiger partial charge in [-0.1, -0.05) is 60.7 Å². The summed E-state index contributed by atoms with van der Waals surface area (Å²) < 4.78 is 57.6. The second kappa shape index (κ2) is 20.8. The van der Waals surface area contributed by atoms with Crippen molar-refractivity contribution in [3.63, 3.8) is 0 Å². The Morgan fingerprint density at radius 2 is 0.780 bits per heavy atom. The summed E-state index contributed by atoms with van der Waals surface area (Å²) in [4.78, 5) is 24.6. The monoisotopic (exact) mass is 692 g/mol. The number of hydrogen-bond acceptors (Lipinski definition) is 12. The fourth-order valence-electron chi connectivity index (χ4n) is 4.91. The first-order valence-electron chi connectivity index (χ1n) is 16.8. The van der Waals surface area contributed by atoms with Crippen LogP contribution in [0.5, 0.6) is 23.0 Å². The number of ether oxygens (including phenoxy) is 10. The maximum Gasteiger partial charge on any atom is 0.317 e. The standard InChI is InChI=1S/C38H44O12/c39-37(31-5-1-2-6-31)49-27-29-9-11-33-35(25-29)47-23-19-43-15-16-44-20-24-48-36-26-30(28-50-38(40)32-7-3-4-8-32)10-12-34(36)46-22-18-42-14-13-41-17-21-45-33/h1-12,25-26,31-32H,13-24,27-28H2. The van der Waals surface area contributed by atoms with Gasteiger partial charge in [0.05, 0.1) is 64.7 Å². The molecule has 5 rings (SSSR count). The number of benzene rings is 2. The van der Waals surface area contributed by atoms with E-state index in [9.17, 15) is 9.59 Å². The Morgan fingerprint density at radius 1 is 0.460 bits per heavy atom. The minimum atomic E-state index is -0.357. The van der Waals surface area contributed by atoms with E-state index in [1.807, 2.05) is 36.4 Å². The quantitative estimate of drug-likeness (QED) is 0.394. The molecular formula is C38H44O12. The second-order valence-corrected chi connectivity index (χ2v) is 11.2. The first-order chi connectivity index (χ1) is 24.7. The van der Waals surface area contributed by atoms with Crippen molar-refractivity contribution < 1.29 is 57.0 Å². The molecule has 12 nitrogen and oxygen atoms in total. The summed E-state index contributed by atoms with van der Waals surface area (Å²) in [6.07, 6.45) is 14.5. The van der Waals surface area contributed by atoms with Gasteiger partial charge < -0.3 is 47.4 Å². The SMILES string of the molecule is O=C(OCc1ccc2c(c1)OCCOCCOCCOc1cc(COC(=O)C3C=CC=C3)ccc1OCCOCCOCCO2)C1C=CC=C1. The Hall–Kier alpha value is -4.62. The van der Waals surface area contributed by atoms with Gasteiger partial charge >= 0.3 is 11.9 Å². The number of esters is 2. The van der Waals surface area contributed by atoms with E-state index in [0.29, 0.717) is 89.1 Å². The highest BCUT2D eigenvalue weighted by Crippen LogP contribution is 2.30. The Labute approximate surface area is 292 Å². The van der Waals surface area contributed by atoms with Crippen LogP contribution in [-0.2, 0) is 51.2 Å². The van der Waals surface area contributed by atoms with Gasteiger partial charge in [0.2, 0.25) is 0 Å². The number of fused-ring (bicyclic) bond motifs is 2. The Balaban J connectivity index is 1.10. The molecule has 1 aliphatic heterocycles. The number of allylic oxidation sites excluding steroid dienone is 4. The van der Waals surface area contributed by atoms with Gasteiger partial charge in [-0.25, -0.2) is 0 Å². The van der Waals surface area contributed by atoms with Crippen molar-refractivity contribution in [2.24, 2.45) is 11.8 Å². The van der Waals surface area contributed by atoms with Crippen molar-refractivity contribution >= 4 is 11.9 Å². The van der Waals surface area contributed by atoms with Crippen LogP contribution in [0, 0.1) is 11.8 Å². The van der Waals surface area contributed by atoms with Crippen molar-refractivity contribution in [2.75, 3.05) is 79.3 Å².